The number of nitrogens with zero attached hydrogens (tertiary/aromatic N) is 4. The number of rotatable bonds is 6. The SMILES string of the molecule is CN(CCC(=O)N1CCN(c2ccc(F)cc2)CC1)CC(=O)N(C)C. The van der Waals surface area contributed by atoms with Gasteiger partial charge in [-0.25, -0.2) is 4.39 Å². The van der Waals surface area contributed by atoms with E-state index < -0.39 is 0 Å². The molecule has 1 aromatic rings. The Kier molecular flexibility index (Phi) is 6.75. The van der Waals surface area contributed by atoms with Gasteiger partial charge in [-0.3, -0.25) is 14.5 Å². The molecule has 0 saturated carbocycles. The Labute approximate surface area is 148 Å². The van der Waals surface area contributed by atoms with Crippen molar-refractivity contribution in [2.45, 2.75) is 6.42 Å². The molecule has 2 amide bonds. The third-order valence-electron chi connectivity index (χ3n) is 4.44. The number of likely N-dealkylation sites (N-methyl/N-ethyl adjacent to an activating group) is 2. The lowest BCUT2D eigenvalue weighted by atomic mass is 10.2. The molecule has 25 heavy (non-hydrogen) atoms. The molecular weight excluding hydrogens is 323 g/mol. The van der Waals surface area contributed by atoms with Gasteiger partial charge in [-0.15, -0.1) is 0 Å². The Balaban J connectivity index is 1.73. The van der Waals surface area contributed by atoms with E-state index in [-0.39, 0.29) is 17.6 Å². The predicted molar refractivity (Wildman–Crippen MR) is 96.0 cm³/mol. The first-order valence-electron chi connectivity index (χ1n) is 8.54. The topological polar surface area (TPSA) is 47.1 Å². The Morgan fingerprint density at radius 1 is 1.04 bits per heavy atom. The molecule has 138 valence electrons. The zero-order chi connectivity index (χ0) is 18.4. The minimum absolute atomic E-state index is 0.0304. The van der Waals surface area contributed by atoms with Crippen molar-refractivity contribution in [2.24, 2.45) is 0 Å². The summed E-state index contributed by atoms with van der Waals surface area (Å²) in [6.07, 6.45) is 0.410. The molecule has 7 heteroatoms. The summed E-state index contributed by atoms with van der Waals surface area (Å²) < 4.78 is 13.0. The van der Waals surface area contributed by atoms with Gasteiger partial charge >= 0.3 is 0 Å². The molecule has 1 heterocycles. The molecule has 0 bridgehead atoms. The van der Waals surface area contributed by atoms with E-state index in [0.29, 0.717) is 32.6 Å². The second-order valence-electron chi connectivity index (χ2n) is 6.62. The van der Waals surface area contributed by atoms with Gasteiger partial charge < -0.3 is 14.7 Å². The summed E-state index contributed by atoms with van der Waals surface area (Å²) >= 11 is 0. The van der Waals surface area contributed by atoms with Gasteiger partial charge in [0, 0.05) is 58.9 Å². The number of benzene rings is 1. The van der Waals surface area contributed by atoms with Crippen LogP contribution in [0.5, 0.6) is 0 Å². The average Bonchev–Trinajstić information content (AvgIpc) is 2.60. The van der Waals surface area contributed by atoms with Crippen LogP contribution in [0.15, 0.2) is 24.3 Å². The molecule has 0 radical (unpaired) electrons. The number of anilines is 1. The van der Waals surface area contributed by atoms with E-state index in [1.54, 1.807) is 31.1 Å². The van der Waals surface area contributed by atoms with E-state index in [1.807, 2.05) is 16.8 Å². The van der Waals surface area contributed by atoms with E-state index >= 15 is 0 Å². The summed E-state index contributed by atoms with van der Waals surface area (Å²) in [5, 5.41) is 0. The molecule has 1 aliphatic rings. The maximum absolute atomic E-state index is 13.0. The second kappa shape index (κ2) is 8.80. The van der Waals surface area contributed by atoms with Crippen LogP contribution in [0.3, 0.4) is 0 Å². The summed E-state index contributed by atoms with van der Waals surface area (Å²) in [6, 6.07) is 6.45. The first kappa shape index (κ1) is 19.2. The van der Waals surface area contributed by atoms with E-state index in [0.717, 1.165) is 18.8 Å². The Morgan fingerprint density at radius 2 is 1.64 bits per heavy atom. The highest BCUT2D eigenvalue weighted by Crippen LogP contribution is 2.17. The molecule has 1 aromatic carbocycles. The van der Waals surface area contributed by atoms with Crippen LogP contribution in [0, 0.1) is 5.82 Å². The quantitative estimate of drug-likeness (QED) is 0.764. The fourth-order valence-electron chi connectivity index (χ4n) is 2.76. The van der Waals surface area contributed by atoms with Gasteiger partial charge in [0.05, 0.1) is 6.54 Å². The van der Waals surface area contributed by atoms with Crippen molar-refractivity contribution in [3.63, 3.8) is 0 Å². The Bertz CT molecular complexity index is 583. The molecule has 0 aromatic heterocycles. The van der Waals surface area contributed by atoms with Gasteiger partial charge in [0.2, 0.25) is 11.8 Å². The van der Waals surface area contributed by atoms with Crippen LogP contribution >= 0.6 is 0 Å². The fraction of sp³-hybridized carbons (Fsp3) is 0.556. The molecule has 1 fully saturated rings. The summed E-state index contributed by atoms with van der Waals surface area (Å²) in [5.41, 5.74) is 0.982. The third-order valence-corrected chi connectivity index (χ3v) is 4.44. The second-order valence-corrected chi connectivity index (χ2v) is 6.62. The molecule has 0 atom stereocenters. The van der Waals surface area contributed by atoms with Crippen LogP contribution < -0.4 is 4.90 Å². The fourth-order valence-corrected chi connectivity index (χ4v) is 2.76. The lowest BCUT2D eigenvalue weighted by Crippen LogP contribution is -2.49. The van der Waals surface area contributed by atoms with Gasteiger partial charge in [-0.05, 0) is 31.3 Å². The number of hydrogen-bond donors (Lipinski definition) is 0. The minimum atomic E-state index is -0.241. The minimum Gasteiger partial charge on any atom is -0.368 e. The predicted octanol–water partition coefficient (Wildman–Crippen LogP) is 0.884. The lowest BCUT2D eigenvalue weighted by molar-refractivity contribution is -0.133. The van der Waals surface area contributed by atoms with Crippen molar-refractivity contribution < 1.29 is 14.0 Å². The van der Waals surface area contributed by atoms with Crippen molar-refractivity contribution in [1.82, 2.24) is 14.7 Å². The van der Waals surface area contributed by atoms with Gasteiger partial charge in [-0.2, -0.15) is 0 Å². The molecular formula is C18H27FN4O2. The Morgan fingerprint density at radius 3 is 2.20 bits per heavy atom. The highest BCUT2D eigenvalue weighted by atomic mass is 19.1. The van der Waals surface area contributed by atoms with Crippen LogP contribution in [0.2, 0.25) is 0 Å². The van der Waals surface area contributed by atoms with Crippen molar-refractivity contribution in [2.75, 3.05) is 65.3 Å². The number of amides is 2. The van der Waals surface area contributed by atoms with E-state index in [1.165, 1.54) is 12.1 Å². The van der Waals surface area contributed by atoms with Gasteiger partial charge in [0.15, 0.2) is 0 Å². The lowest BCUT2D eigenvalue weighted by Gasteiger charge is -2.36. The largest absolute Gasteiger partial charge is 0.368 e. The van der Waals surface area contributed by atoms with E-state index in [4.69, 9.17) is 0 Å². The molecule has 0 aliphatic carbocycles. The first-order valence-corrected chi connectivity index (χ1v) is 8.54. The first-order chi connectivity index (χ1) is 11.9. The molecule has 6 nitrogen and oxygen atoms in total. The van der Waals surface area contributed by atoms with Crippen molar-refractivity contribution in [3.8, 4) is 0 Å². The maximum atomic E-state index is 13.0. The number of carbonyl (C=O) groups excluding carboxylic acids is 2. The molecule has 1 aliphatic heterocycles. The Hall–Kier alpha value is -2.15. The number of carbonyl (C=O) groups is 2. The molecule has 0 unspecified atom stereocenters. The van der Waals surface area contributed by atoms with Crippen molar-refractivity contribution >= 4 is 17.5 Å². The van der Waals surface area contributed by atoms with Gasteiger partial charge in [-0.1, -0.05) is 0 Å². The van der Waals surface area contributed by atoms with Crippen molar-refractivity contribution in [3.05, 3.63) is 30.1 Å². The normalized spacial score (nSPS) is 14.8. The summed E-state index contributed by atoms with van der Waals surface area (Å²) in [5.74, 6) is -0.0970. The number of hydrogen-bond acceptors (Lipinski definition) is 4. The summed E-state index contributed by atoms with van der Waals surface area (Å²) in [6.45, 7) is 3.70. The monoisotopic (exact) mass is 350 g/mol. The number of halogens is 1. The zero-order valence-electron chi connectivity index (χ0n) is 15.2. The van der Waals surface area contributed by atoms with Crippen LogP contribution in [0.25, 0.3) is 0 Å². The van der Waals surface area contributed by atoms with Crippen LogP contribution in [-0.4, -0.2) is 86.9 Å². The van der Waals surface area contributed by atoms with E-state index in [2.05, 4.69) is 4.90 Å². The van der Waals surface area contributed by atoms with Crippen LogP contribution in [0.4, 0.5) is 10.1 Å². The molecule has 2 rings (SSSR count). The van der Waals surface area contributed by atoms with Crippen molar-refractivity contribution in [1.29, 1.82) is 0 Å². The third kappa shape index (κ3) is 5.70. The summed E-state index contributed by atoms with van der Waals surface area (Å²) in [4.78, 5) is 31.4. The van der Waals surface area contributed by atoms with Gasteiger partial charge in [0.25, 0.3) is 0 Å². The standard InChI is InChI=1S/C18H27FN4O2/c1-20(2)18(25)14-21(3)9-8-17(24)23-12-10-22(11-13-23)16-6-4-15(19)5-7-16/h4-7H,8-14H2,1-3H3. The summed E-state index contributed by atoms with van der Waals surface area (Å²) in [7, 11) is 5.30. The van der Waals surface area contributed by atoms with Crippen LogP contribution in [0.1, 0.15) is 6.42 Å². The molecule has 0 N–H and O–H groups in total. The highest BCUT2D eigenvalue weighted by Gasteiger charge is 2.21. The maximum Gasteiger partial charge on any atom is 0.236 e. The molecule has 0 spiro atoms. The van der Waals surface area contributed by atoms with Crippen LogP contribution in [-0.2, 0) is 9.59 Å². The number of piperazine rings is 1. The average molecular weight is 350 g/mol. The zero-order valence-corrected chi connectivity index (χ0v) is 15.2. The molecule has 1 saturated heterocycles. The highest BCUT2D eigenvalue weighted by molar-refractivity contribution is 5.78. The van der Waals surface area contributed by atoms with Gasteiger partial charge in [0.1, 0.15) is 5.82 Å². The van der Waals surface area contributed by atoms with E-state index in [9.17, 15) is 14.0 Å². The smallest absolute Gasteiger partial charge is 0.236 e.